The molecule has 2 aromatic carbocycles. The van der Waals surface area contributed by atoms with Gasteiger partial charge in [-0.1, -0.05) is 49.0 Å². The SMILES string of the molecule is CCSc1nc(N2CCOCC2)c2cnn(CCNC(=O)c3ccccc3Oc3ccccc3)c2n1. The summed E-state index contributed by atoms with van der Waals surface area (Å²) in [5.74, 6) is 2.75. The van der Waals surface area contributed by atoms with Crippen molar-refractivity contribution in [1.82, 2.24) is 25.1 Å². The van der Waals surface area contributed by atoms with E-state index in [-0.39, 0.29) is 5.91 Å². The van der Waals surface area contributed by atoms with Crippen LogP contribution in [0.3, 0.4) is 0 Å². The maximum atomic E-state index is 13.0. The number of amides is 1. The third-order valence-electron chi connectivity index (χ3n) is 5.75. The Kier molecular flexibility index (Phi) is 7.63. The van der Waals surface area contributed by atoms with Gasteiger partial charge < -0.3 is 19.7 Å². The number of benzene rings is 2. The molecule has 186 valence electrons. The van der Waals surface area contributed by atoms with E-state index in [0.29, 0.717) is 43.4 Å². The van der Waals surface area contributed by atoms with E-state index in [1.54, 1.807) is 23.9 Å². The quantitative estimate of drug-likeness (QED) is 0.270. The molecule has 0 aliphatic carbocycles. The fourth-order valence-corrected chi connectivity index (χ4v) is 4.58. The van der Waals surface area contributed by atoms with E-state index in [2.05, 4.69) is 22.2 Å². The van der Waals surface area contributed by atoms with E-state index < -0.39 is 0 Å². The number of nitrogens with zero attached hydrogens (tertiary/aromatic N) is 5. The van der Waals surface area contributed by atoms with Gasteiger partial charge in [0.2, 0.25) is 0 Å². The molecule has 0 atom stereocenters. The highest BCUT2D eigenvalue weighted by molar-refractivity contribution is 7.99. The lowest BCUT2D eigenvalue weighted by atomic mass is 10.2. The molecule has 3 heterocycles. The Bertz CT molecular complexity index is 1320. The predicted octanol–water partition coefficient (Wildman–Crippen LogP) is 4.00. The number of thioether (sulfide) groups is 1. The number of rotatable bonds is 9. The van der Waals surface area contributed by atoms with Gasteiger partial charge in [0.25, 0.3) is 5.91 Å². The third-order valence-corrected chi connectivity index (χ3v) is 6.48. The molecule has 2 aromatic heterocycles. The molecule has 1 saturated heterocycles. The van der Waals surface area contributed by atoms with Crippen LogP contribution in [-0.4, -0.2) is 64.3 Å². The highest BCUT2D eigenvalue weighted by Gasteiger charge is 2.20. The standard InChI is InChI=1S/C26H28N6O3S/c1-2-36-26-29-23(31-14-16-34-17-15-31)21-18-28-32(24(21)30-26)13-12-27-25(33)20-10-6-7-11-22(20)35-19-8-4-3-5-9-19/h3-11,18H,2,12-17H2,1H3,(H,27,33). The largest absolute Gasteiger partial charge is 0.457 e. The lowest BCUT2D eigenvalue weighted by Crippen LogP contribution is -2.37. The number of para-hydroxylation sites is 2. The third kappa shape index (κ3) is 5.44. The van der Waals surface area contributed by atoms with E-state index in [0.717, 1.165) is 40.9 Å². The minimum Gasteiger partial charge on any atom is -0.457 e. The minimum absolute atomic E-state index is 0.205. The topological polar surface area (TPSA) is 94.4 Å². The van der Waals surface area contributed by atoms with Gasteiger partial charge in [-0.3, -0.25) is 4.79 Å². The van der Waals surface area contributed by atoms with Crippen molar-refractivity contribution in [1.29, 1.82) is 0 Å². The van der Waals surface area contributed by atoms with Crippen LogP contribution < -0.4 is 15.0 Å². The van der Waals surface area contributed by atoms with Gasteiger partial charge in [0.1, 0.15) is 17.3 Å². The van der Waals surface area contributed by atoms with Crippen LogP contribution >= 0.6 is 11.8 Å². The molecule has 36 heavy (non-hydrogen) atoms. The zero-order chi connectivity index (χ0) is 24.7. The van der Waals surface area contributed by atoms with Crippen LogP contribution in [0.5, 0.6) is 11.5 Å². The number of anilines is 1. The summed E-state index contributed by atoms with van der Waals surface area (Å²) in [7, 11) is 0. The molecule has 9 nitrogen and oxygen atoms in total. The van der Waals surface area contributed by atoms with Crippen molar-refractivity contribution in [3.8, 4) is 11.5 Å². The van der Waals surface area contributed by atoms with Crippen LogP contribution in [0.2, 0.25) is 0 Å². The summed E-state index contributed by atoms with van der Waals surface area (Å²) in [5, 5.41) is 9.19. The van der Waals surface area contributed by atoms with E-state index in [1.165, 1.54) is 0 Å². The molecular formula is C26H28N6O3S. The number of fused-ring (bicyclic) bond motifs is 1. The smallest absolute Gasteiger partial charge is 0.255 e. The first-order valence-corrected chi connectivity index (χ1v) is 13.0. The van der Waals surface area contributed by atoms with Crippen molar-refractivity contribution in [2.24, 2.45) is 0 Å². The van der Waals surface area contributed by atoms with E-state index >= 15 is 0 Å². The molecule has 10 heteroatoms. The monoisotopic (exact) mass is 504 g/mol. The summed E-state index contributed by atoms with van der Waals surface area (Å²) in [6, 6.07) is 16.6. The number of aromatic nitrogens is 4. The lowest BCUT2D eigenvalue weighted by Gasteiger charge is -2.28. The molecule has 1 aliphatic rings. The van der Waals surface area contributed by atoms with Gasteiger partial charge in [-0.05, 0) is 30.0 Å². The van der Waals surface area contributed by atoms with Gasteiger partial charge >= 0.3 is 0 Å². The summed E-state index contributed by atoms with van der Waals surface area (Å²) >= 11 is 1.60. The van der Waals surface area contributed by atoms with Crippen molar-refractivity contribution >= 4 is 34.5 Å². The normalized spacial score (nSPS) is 13.6. The molecule has 0 bridgehead atoms. The van der Waals surface area contributed by atoms with Gasteiger partial charge in [0.15, 0.2) is 10.8 Å². The van der Waals surface area contributed by atoms with Crippen LogP contribution in [0.4, 0.5) is 5.82 Å². The Morgan fingerprint density at radius 2 is 1.86 bits per heavy atom. The Hall–Kier alpha value is -3.63. The molecule has 1 N–H and O–H groups in total. The molecule has 0 saturated carbocycles. The van der Waals surface area contributed by atoms with Crippen LogP contribution in [0.1, 0.15) is 17.3 Å². The number of carbonyl (C=O) groups excluding carboxylic acids is 1. The molecule has 0 spiro atoms. The number of hydrogen-bond donors (Lipinski definition) is 1. The average Bonchev–Trinajstić information content (AvgIpc) is 3.32. The highest BCUT2D eigenvalue weighted by atomic mass is 32.2. The van der Waals surface area contributed by atoms with Gasteiger partial charge in [-0.2, -0.15) is 5.10 Å². The Morgan fingerprint density at radius 1 is 1.08 bits per heavy atom. The maximum Gasteiger partial charge on any atom is 0.255 e. The number of nitrogens with one attached hydrogen (secondary N) is 1. The van der Waals surface area contributed by atoms with E-state index in [1.807, 2.05) is 53.3 Å². The fraction of sp³-hybridized carbons (Fsp3) is 0.308. The van der Waals surface area contributed by atoms with Crippen LogP contribution in [0.15, 0.2) is 66.0 Å². The predicted molar refractivity (Wildman–Crippen MR) is 140 cm³/mol. The number of ether oxygens (including phenoxy) is 2. The van der Waals surface area contributed by atoms with Crippen molar-refractivity contribution in [2.75, 3.05) is 43.5 Å². The summed E-state index contributed by atoms with van der Waals surface area (Å²) in [6.07, 6.45) is 1.81. The molecule has 5 rings (SSSR count). The maximum absolute atomic E-state index is 13.0. The summed E-state index contributed by atoms with van der Waals surface area (Å²) in [5.41, 5.74) is 1.25. The Morgan fingerprint density at radius 3 is 2.67 bits per heavy atom. The first kappa shape index (κ1) is 24.1. The molecular weight excluding hydrogens is 476 g/mol. The summed E-state index contributed by atoms with van der Waals surface area (Å²) in [4.78, 5) is 24.8. The van der Waals surface area contributed by atoms with E-state index in [4.69, 9.17) is 19.4 Å². The molecule has 1 aliphatic heterocycles. The Balaban J connectivity index is 1.30. The first-order chi connectivity index (χ1) is 17.7. The summed E-state index contributed by atoms with van der Waals surface area (Å²) < 4.78 is 13.3. The van der Waals surface area contributed by atoms with Crippen LogP contribution in [0.25, 0.3) is 11.0 Å². The minimum atomic E-state index is -0.205. The fourth-order valence-electron chi connectivity index (χ4n) is 4.02. The van der Waals surface area contributed by atoms with Crippen molar-refractivity contribution in [3.05, 3.63) is 66.4 Å². The summed E-state index contributed by atoms with van der Waals surface area (Å²) in [6.45, 7) is 5.88. The molecule has 1 amide bonds. The van der Waals surface area contributed by atoms with Gasteiger partial charge in [-0.25, -0.2) is 14.6 Å². The number of morpholine rings is 1. The molecule has 1 fully saturated rings. The second-order valence-electron chi connectivity index (χ2n) is 8.13. The second-order valence-corrected chi connectivity index (χ2v) is 9.37. The van der Waals surface area contributed by atoms with Crippen molar-refractivity contribution < 1.29 is 14.3 Å². The zero-order valence-corrected chi connectivity index (χ0v) is 20.9. The first-order valence-electron chi connectivity index (χ1n) is 12.0. The van der Waals surface area contributed by atoms with Crippen molar-refractivity contribution in [2.45, 2.75) is 18.6 Å². The van der Waals surface area contributed by atoms with Gasteiger partial charge in [0.05, 0.1) is 36.9 Å². The Labute approximate surface area is 213 Å². The molecule has 4 aromatic rings. The average molecular weight is 505 g/mol. The zero-order valence-electron chi connectivity index (χ0n) is 20.1. The number of hydrogen-bond acceptors (Lipinski definition) is 8. The van der Waals surface area contributed by atoms with Gasteiger partial charge in [0, 0.05) is 19.6 Å². The lowest BCUT2D eigenvalue weighted by molar-refractivity contribution is 0.0949. The van der Waals surface area contributed by atoms with Crippen LogP contribution in [0, 0.1) is 0 Å². The van der Waals surface area contributed by atoms with Crippen molar-refractivity contribution in [3.63, 3.8) is 0 Å². The molecule has 0 unspecified atom stereocenters. The number of carbonyl (C=O) groups is 1. The van der Waals surface area contributed by atoms with Crippen LogP contribution in [-0.2, 0) is 11.3 Å². The van der Waals surface area contributed by atoms with Gasteiger partial charge in [-0.15, -0.1) is 0 Å². The highest BCUT2D eigenvalue weighted by Crippen LogP contribution is 2.28. The van der Waals surface area contributed by atoms with E-state index in [9.17, 15) is 4.79 Å². The molecule has 0 radical (unpaired) electrons. The second kappa shape index (κ2) is 11.4.